The first kappa shape index (κ1) is 19.5. The number of ether oxygens (including phenoxy) is 2. The van der Waals surface area contributed by atoms with Gasteiger partial charge in [0.25, 0.3) is 0 Å². The van der Waals surface area contributed by atoms with Crippen molar-refractivity contribution in [2.45, 2.75) is 59.2 Å². The summed E-state index contributed by atoms with van der Waals surface area (Å²) in [5.74, 6) is 1.35. The van der Waals surface area contributed by atoms with Crippen molar-refractivity contribution in [2.24, 2.45) is 5.92 Å². The largest absolute Gasteiger partial charge is 0.487 e. The van der Waals surface area contributed by atoms with E-state index in [1.165, 1.54) is 11.1 Å². The van der Waals surface area contributed by atoms with Crippen LogP contribution in [0.25, 0.3) is 0 Å². The Morgan fingerprint density at radius 3 is 2.20 bits per heavy atom. The zero-order chi connectivity index (χ0) is 18.1. The fourth-order valence-corrected chi connectivity index (χ4v) is 3.37. The lowest BCUT2D eigenvalue weighted by Crippen LogP contribution is -2.39. The quantitative estimate of drug-likeness (QED) is 0.542. The standard InChI is InChI=1S/C23H32O2/c1-5-10-21(17-20-15-13-18(3)14-16-20)23(19(4)24-6-2)25-22-11-8-7-9-12-22/h7-9,11-16,19,21,23H,5-6,10,17H2,1-4H3. The van der Waals surface area contributed by atoms with Crippen molar-refractivity contribution in [1.29, 1.82) is 0 Å². The van der Waals surface area contributed by atoms with Gasteiger partial charge in [-0.3, -0.25) is 0 Å². The van der Waals surface area contributed by atoms with Crippen LogP contribution >= 0.6 is 0 Å². The number of rotatable bonds is 10. The third-order valence-corrected chi connectivity index (χ3v) is 4.65. The van der Waals surface area contributed by atoms with Crippen molar-refractivity contribution in [3.05, 3.63) is 65.7 Å². The van der Waals surface area contributed by atoms with E-state index in [0.717, 1.165) is 25.0 Å². The molecule has 0 saturated heterocycles. The van der Waals surface area contributed by atoms with Gasteiger partial charge in [-0.25, -0.2) is 0 Å². The minimum atomic E-state index is 0.0450. The molecule has 2 aromatic rings. The third-order valence-electron chi connectivity index (χ3n) is 4.65. The van der Waals surface area contributed by atoms with Gasteiger partial charge in [0.1, 0.15) is 11.9 Å². The van der Waals surface area contributed by atoms with Crippen LogP contribution in [0, 0.1) is 12.8 Å². The lowest BCUT2D eigenvalue weighted by atomic mass is 9.87. The summed E-state index contributed by atoms with van der Waals surface area (Å²) < 4.78 is 12.3. The van der Waals surface area contributed by atoms with Crippen LogP contribution < -0.4 is 4.74 Å². The van der Waals surface area contributed by atoms with Gasteiger partial charge in [0.15, 0.2) is 0 Å². The predicted molar refractivity (Wildman–Crippen MR) is 105 cm³/mol. The minimum absolute atomic E-state index is 0.0450. The molecule has 25 heavy (non-hydrogen) atoms. The van der Waals surface area contributed by atoms with Crippen molar-refractivity contribution in [3.63, 3.8) is 0 Å². The van der Waals surface area contributed by atoms with Crippen molar-refractivity contribution >= 4 is 0 Å². The fourth-order valence-electron chi connectivity index (χ4n) is 3.37. The molecule has 0 radical (unpaired) electrons. The molecule has 0 heterocycles. The first-order valence-electron chi connectivity index (χ1n) is 9.52. The Hall–Kier alpha value is -1.80. The van der Waals surface area contributed by atoms with Gasteiger partial charge >= 0.3 is 0 Å². The number of aryl methyl sites for hydroxylation is 1. The van der Waals surface area contributed by atoms with Crippen molar-refractivity contribution in [1.82, 2.24) is 0 Å². The van der Waals surface area contributed by atoms with E-state index in [0.29, 0.717) is 12.5 Å². The average molecular weight is 341 g/mol. The summed E-state index contributed by atoms with van der Waals surface area (Å²) >= 11 is 0. The molecule has 0 amide bonds. The summed E-state index contributed by atoms with van der Waals surface area (Å²) in [4.78, 5) is 0. The monoisotopic (exact) mass is 340 g/mol. The highest BCUT2D eigenvalue weighted by Gasteiger charge is 2.29. The van der Waals surface area contributed by atoms with E-state index in [1.54, 1.807) is 0 Å². The number of hydrogen-bond acceptors (Lipinski definition) is 2. The summed E-state index contributed by atoms with van der Waals surface area (Å²) in [7, 11) is 0. The van der Waals surface area contributed by atoms with Gasteiger partial charge in [-0.2, -0.15) is 0 Å². The molecule has 2 rings (SSSR count). The molecule has 0 N–H and O–H groups in total. The lowest BCUT2D eigenvalue weighted by molar-refractivity contribution is -0.0368. The molecule has 0 aliphatic heterocycles. The number of benzene rings is 2. The third kappa shape index (κ3) is 6.21. The summed E-state index contributed by atoms with van der Waals surface area (Å²) in [5.41, 5.74) is 2.67. The molecule has 0 fully saturated rings. The lowest BCUT2D eigenvalue weighted by Gasteiger charge is -2.32. The Bertz CT molecular complexity index is 591. The highest BCUT2D eigenvalue weighted by atomic mass is 16.5. The SMILES string of the molecule is CCCC(Cc1ccc(C)cc1)C(Oc1ccccc1)C(C)OCC. The first-order chi connectivity index (χ1) is 12.1. The summed E-state index contributed by atoms with van der Waals surface area (Å²) in [6.07, 6.45) is 3.39. The van der Waals surface area contributed by atoms with Crippen LogP contribution in [-0.2, 0) is 11.2 Å². The zero-order valence-electron chi connectivity index (χ0n) is 16.1. The van der Waals surface area contributed by atoms with Crippen LogP contribution in [0.5, 0.6) is 5.75 Å². The normalized spacial score (nSPS) is 14.7. The second-order valence-electron chi connectivity index (χ2n) is 6.79. The van der Waals surface area contributed by atoms with Crippen molar-refractivity contribution in [3.8, 4) is 5.75 Å². The van der Waals surface area contributed by atoms with E-state index in [1.807, 2.05) is 37.3 Å². The molecule has 0 aliphatic rings. The van der Waals surface area contributed by atoms with Gasteiger partial charge in [0.2, 0.25) is 0 Å². The molecule has 0 aromatic heterocycles. The topological polar surface area (TPSA) is 18.5 Å². The maximum absolute atomic E-state index is 6.41. The van der Waals surface area contributed by atoms with Crippen LogP contribution in [0.2, 0.25) is 0 Å². The van der Waals surface area contributed by atoms with Crippen LogP contribution in [0.15, 0.2) is 54.6 Å². The molecular formula is C23H32O2. The Labute approximate surface area is 153 Å². The Kier molecular flexibility index (Phi) is 8.00. The first-order valence-corrected chi connectivity index (χ1v) is 9.52. The van der Waals surface area contributed by atoms with E-state index in [-0.39, 0.29) is 12.2 Å². The van der Waals surface area contributed by atoms with Crippen LogP contribution in [0.4, 0.5) is 0 Å². The molecular weight excluding hydrogens is 308 g/mol. The van der Waals surface area contributed by atoms with Crippen LogP contribution in [-0.4, -0.2) is 18.8 Å². The Morgan fingerprint density at radius 2 is 1.60 bits per heavy atom. The molecule has 3 atom stereocenters. The van der Waals surface area contributed by atoms with Gasteiger partial charge in [-0.15, -0.1) is 0 Å². The van der Waals surface area contributed by atoms with Gasteiger partial charge in [-0.1, -0.05) is 61.4 Å². The smallest absolute Gasteiger partial charge is 0.128 e. The predicted octanol–water partition coefficient (Wildman–Crippen LogP) is 5.83. The van der Waals surface area contributed by atoms with E-state index >= 15 is 0 Å². The molecule has 2 nitrogen and oxygen atoms in total. The Morgan fingerprint density at radius 1 is 0.920 bits per heavy atom. The number of hydrogen-bond donors (Lipinski definition) is 0. The van der Waals surface area contributed by atoms with E-state index in [2.05, 4.69) is 45.0 Å². The van der Waals surface area contributed by atoms with E-state index in [4.69, 9.17) is 9.47 Å². The van der Waals surface area contributed by atoms with Crippen molar-refractivity contribution in [2.75, 3.05) is 6.61 Å². The van der Waals surface area contributed by atoms with Crippen LogP contribution in [0.1, 0.15) is 44.7 Å². The molecule has 2 heteroatoms. The second kappa shape index (κ2) is 10.2. The highest BCUT2D eigenvalue weighted by Crippen LogP contribution is 2.26. The van der Waals surface area contributed by atoms with E-state index in [9.17, 15) is 0 Å². The molecule has 3 unspecified atom stereocenters. The maximum atomic E-state index is 6.41. The molecule has 0 saturated carbocycles. The van der Waals surface area contributed by atoms with Gasteiger partial charge in [0, 0.05) is 12.5 Å². The molecule has 0 spiro atoms. The molecule has 2 aromatic carbocycles. The van der Waals surface area contributed by atoms with Gasteiger partial charge in [0.05, 0.1) is 6.10 Å². The van der Waals surface area contributed by atoms with Crippen LogP contribution in [0.3, 0.4) is 0 Å². The van der Waals surface area contributed by atoms with Crippen molar-refractivity contribution < 1.29 is 9.47 Å². The minimum Gasteiger partial charge on any atom is -0.487 e. The number of para-hydroxylation sites is 1. The molecule has 0 bridgehead atoms. The van der Waals surface area contributed by atoms with Gasteiger partial charge < -0.3 is 9.47 Å². The average Bonchev–Trinajstić information content (AvgIpc) is 2.62. The highest BCUT2D eigenvalue weighted by molar-refractivity contribution is 5.23. The summed E-state index contributed by atoms with van der Waals surface area (Å²) in [6.45, 7) is 9.26. The van der Waals surface area contributed by atoms with E-state index < -0.39 is 0 Å². The maximum Gasteiger partial charge on any atom is 0.128 e. The fraction of sp³-hybridized carbons (Fsp3) is 0.478. The molecule has 0 aliphatic carbocycles. The Balaban J connectivity index is 2.20. The summed E-state index contributed by atoms with van der Waals surface area (Å²) in [6, 6.07) is 19.0. The second-order valence-corrected chi connectivity index (χ2v) is 6.79. The zero-order valence-corrected chi connectivity index (χ0v) is 16.1. The summed E-state index contributed by atoms with van der Waals surface area (Å²) in [5, 5.41) is 0. The molecule has 136 valence electrons. The van der Waals surface area contributed by atoms with Gasteiger partial charge in [-0.05, 0) is 51.3 Å².